The van der Waals surface area contributed by atoms with Crippen LogP contribution < -0.4 is 12.4 Å². The molecule has 0 spiro atoms. The largest absolute Gasteiger partial charge is 1.00 e. The Morgan fingerprint density at radius 1 is 1.19 bits per heavy atom. The number of hydrogen-bond donors (Lipinski definition) is 0. The van der Waals surface area contributed by atoms with Gasteiger partial charge in [-0.15, -0.1) is 0 Å². The van der Waals surface area contributed by atoms with Crippen molar-refractivity contribution in [3.8, 4) is 0 Å². The van der Waals surface area contributed by atoms with Crippen LogP contribution in [-0.2, 0) is 6.54 Å². The van der Waals surface area contributed by atoms with Gasteiger partial charge in [-0.05, 0) is 6.08 Å². The molecule has 0 saturated heterocycles. The predicted molar refractivity (Wildman–Crippen MR) is 66.5 cm³/mol. The molecule has 0 amide bonds. The molecule has 88 valence electrons. The minimum absolute atomic E-state index is 0. The highest BCUT2D eigenvalue weighted by atomic mass is 35.5. The van der Waals surface area contributed by atoms with Gasteiger partial charge in [0.15, 0.2) is 0 Å². The molecule has 0 aliphatic carbocycles. The summed E-state index contributed by atoms with van der Waals surface area (Å²) in [7, 11) is 4.47. The highest BCUT2D eigenvalue weighted by Gasteiger charge is 2.12. The summed E-state index contributed by atoms with van der Waals surface area (Å²) in [6.07, 6.45) is 5.99. The fourth-order valence-corrected chi connectivity index (χ4v) is 1.58. The predicted octanol–water partition coefficient (Wildman–Crippen LogP) is 0.00920. The Morgan fingerprint density at radius 2 is 1.81 bits per heavy atom. The maximum Gasteiger partial charge on any atom is 0.104 e. The molecule has 0 bridgehead atoms. The Morgan fingerprint density at radius 3 is 2.38 bits per heavy atom. The van der Waals surface area contributed by atoms with Crippen LogP contribution in [0, 0.1) is 0 Å². The normalized spacial score (nSPS) is 11.1. The van der Waals surface area contributed by atoms with Gasteiger partial charge in [-0.2, -0.15) is 0 Å². The molecule has 1 aromatic carbocycles. The van der Waals surface area contributed by atoms with Gasteiger partial charge in [-0.3, -0.25) is 0 Å². The topological polar surface area (TPSA) is 0 Å². The van der Waals surface area contributed by atoms with E-state index in [4.69, 9.17) is 0 Å². The van der Waals surface area contributed by atoms with Gasteiger partial charge in [-0.25, -0.2) is 0 Å². The highest BCUT2D eigenvalue weighted by Crippen LogP contribution is 2.08. The van der Waals surface area contributed by atoms with E-state index in [2.05, 4.69) is 57.1 Å². The minimum atomic E-state index is 0. The Labute approximate surface area is 105 Å². The van der Waals surface area contributed by atoms with Crippen molar-refractivity contribution in [1.29, 1.82) is 0 Å². The van der Waals surface area contributed by atoms with Gasteiger partial charge in [0.2, 0.25) is 0 Å². The zero-order valence-electron chi connectivity index (χ0n) is 10.1. The quantitative estimate of drug-likeness (QED) is 0.500. The summed E-state index contributed by atoms with van der Waals surface area (Å²) in [5, 5.41) is 0. The average molecular weight is 238 g/mol. The van der Waals surface area contributed by atoms with Crippen LogP contribution in [0.1, 0.15) is 5.56 Å². The second-order valence-corrected chi connectivity index (χ2v) is 4.43. The molecular weight excluding hydrogens is 218 g/mol. The monoisotopic (exact) mass is 237 g/mol. The molecule has 0 N–H and O–H groups in total. The molecule has 0 aromatic heterocycles. The van der Waals surface area contributed by atoms with Gasteiger partial charge >= 0.3 is 0 Å². The van der Waals surface area contributed by atoms with Crippen molar-refractivity contribution in [3.63, 3.8) is 0 Å². The summed E-state index contributed by atoms with van der Waals surface area (Å²) in [6.45, 7) is 5.76. The third-order valence-electron chi connectivity index (χ3n) is 2.33. The van der Waals surface area contributed by atoms with Crippen LogP contribution in [0.5, 0.6) is 0 Å². The lowest BCUT2D eigenvalue weighted by Gasteiger charge is -2.28. The molecule has 16 heavy (non-hydrogen) atoms. The summed E-state index contributed by atoms with van der Waals surface area (Å²) in [6, 6.07) is 10.6. The van der Waals surface area contributed by atoms with E-state index in [0.29, 0.717) is 0 Å². The van der Waals surface area contributed by atoms with E-state index in [1.165, 1.54) is 5.56 Å². The number of rotatable bonds is 5. The maximum absolute atomic E-state index is 3.67. The first-order valence-corrected chi connectivity index (χ1v) is 5.27. The average Bonchev–Trinajstić information content (AvgIpc) is 2.18. The van der Waals surface area contributed by atoms with Crippen molar-refractivity contribution < 1.29 is 16.9 Å². The fraction of sp³-hybridized carbons (Fsp3) is 0.286. The molecule has 0 aliphatic rings. The van der Waals surface area contributed by atoms with Crippen LogP contribution in [0.3, 0.4) is 0 Å². The van der Waals surface area contributed by atoms with E-state index >= 15 is 0 Å². The molecule has 0 fully saturated rings. The summed E-state index contributed by atoms with van der Waals surface area (Å²) in [4.78, 5) is 0. The van der Waals surface area contributed by atoms with E-state index in [0.717, 1.165) is 17.6 Å². The van der Waals surface area contributed by atoms with Gasteiger partial charge < -0.3 is 16.9 Å². The Bertz CT molecular complexity index is 328. The van der Waals surface area contributed by atoms with E-state index < -0.39 is 0 Å². The number of nitrogens with zero attached hydrogens (tertiary/aromatic N) is 1. The van der Waals surface area contributed by atoms with Crippen molar-refractivity contribution in [2.24, 2.45) is 0 Å². The molecule has 1 nitrogen and oxygen atoms in total. The summed E-state index contributed by atoms with van der Waals surface area (Å²) >= 11 is 0. The van der Waals surface area contributed by atoms with E-state index in [9.17, 15) is 0 Å². The molecular formula is C14H20ClN. The first kappa shape index (κ1) is 14.9. The minimum Gasteiger partial charge on any atom is -1.00 e. The van der Waals surface area contributed by atoms with Crippen LogP contribution in [0.15, 0.2) is 55.1 Å². The number of likely N-dealkylation sites (N-methyl/N-ethyl adjacent to an activating group) is 1. The Hall–Kier alpha value is -1.05. The SMILES string of the molecule is C=CC=CC[N+](C)(C)Cc1ccccc1.[Cl-]. The van der Waals surface area contributed by atoms with Crippen LogP contribution in [-0.4, -0.2) is 25.1 Å². The van der Waals surface area contributed by atoms with Gasteiger partial charge in [0, 0.05) is 5.56 Å². The molecule has 0 radical (unpaired) electrons. The lowest BCUT2D eigenvalue weighted by molar-refractivity contribution is -0.897. The number of halogens is 1. The van der Waals surface area contributed by atoms with Crippen molar-refractivity contribution in [3.05, 3.63) is 60.7 Å². The van der Waals surface area contributed by atoms with Crippen molar-refractivity contribution in [2.45, 2.75) is 6.54 Å². The zero-order chi connectivity index (χ0) is 11.1. The zero-order valence-corrected chi connectivity index (χ0v) is 10.8. The standard InChI is InChI=1S/C14H20N.ClH/c1-4-5-9-12-15(2,3)13-14-10-7-6-8-11-14;/h4-11H,1,12-13H2,2-3H3;1H/q+1;/p-1. The Balaban J connectivity index is 0.00000225. The number of quaternary nitrogens is 1. The third-order valence-corrected chi connectivity index (χ3v) is 2.33. The molecule has 0 atom stereocenters. The molecule has 0 saturated carbocycles. The summed E-state index contributed by atoms with van der Waals surface area (Å²) in [5.74, 6) is 0. The molecule has 1 aromatic rings. The summed E-state index contributed by atoms with van der Waals surface area (Å²) in [5.41, 5.74) is 1.38. The molecule has 2 heteroatoms. The van der Waals surface area contributed by atoms with E-state index in [1.807, 2.05) is 12.2 Å². The van der Waals surface area contributed by atoms with Gasteiger partial charge in [0.05, 0.1) is 20.6 Å². The van der Waals surface area contributed by atoms with E-state index in [-0.39, 0.29) is 12.4 Å². The molecule has 0 heterocycles. The molecule has 0 aliphatic heterocycles. The lowest BCUT2D eigenvalue weighted by atomic mass is 10.2. The van der Waals surface area contributed by atoms with Crippen LogP contribution in [0.25, 0.3) is 0 Å². The van der Waals surface area contributed by atoms with E-state index in [1.54, 1.807) is 0 Å². The fourth-order valence-electron chi connectivity index (χ4n) is 1.58. The van der Waals surface area contributed by atoms with Gasteiger partial charge in [0.1, 0.15) is 6.54 Å². The molecule has 1 rings (SSSR count). The van der Waals surface area contributed by atoms with Crippen molar-refractivity contribution >= 4 is 0 Å². The highest BCUT2D eigenvalue weighted by molar-refractivity contribution is 5.13. The van der Waals surface area contributed by atoms with Crippen LogP contribution in [0.4, 0.5) is 0 Å². The number of benzene rings is 1. The van der Waals surface area contributed by atoms with Gasteiger partial charge in [0.25, 0.3) is 0 Å². The second kappa shape index (κ2) is 7.26. The van der Waals surface area contributed by atoms with Crippen molar-refractivity contribution in [2.75, 3.05) is 20.6 Å². The van der Waals surface area contributed by atoms with Crippen molar-refractivity contribution in [1.82, 2.24) is 0 Å². The lowest BCUT2D eigenvalue weighted by Crippen LogP contribution is -3.00. The molecule has 0 unspecified atom stereocenters. The van der Waals surface area contributed by atoms with Crippen LogP contribution >= 0.6 is 0 Å². The Kier molecular flexibility index (Phi) is 6.78. The summed E-state index contributed by atoms with van der Waals surface area (Å²) < 4.78 is 0.967. The number of hydrogen-bond acceptors (Lipinski definition) is 0. The third kappa shape index (κ3) is 5.74. The van der Waals surface area contributed by atoms with Crippen LogP contribution in [0.2, 0.25) is 0 Å². The maximum atomic E-state index is 3.67. The van der Waals surface area contributed by atoms with Gasteiger partial charge in [-0.1, -0.05) is 49.1 Å². The second-order valence-electron chi connectivity index (χ2n) is 4.43. The first-order chi connectivity index (χ1) is 7.14. The smallest absolute Gasteiger partial charge is 0.104 e. The first-order valence-electron chi connectivity index (χ1n) is 5.27. The number of allylic oxidation sites excluding steroid dienone is 2.